The van der Waals surface area contributed by atoms with Crippen molar-refractivity contribution in [3.63, 3.8) is 0 Å². The van der Waals surface area contributed by atoms with E-state index >= 15 is 0 Å². The van der Waals surface area contributed by atoms with Gasteiger partial charge in [0.15, 0.2) is 0 Å². The zero-order valence-electron chi connectivity index (χ0n) is 17.3. The number of hydrazine groups is 1. The Morgan fingerprint density at radius 1 is 0.970 bits per heavy atom. The van der Waals surface area contributed by atoms with Crippen molar-refractivity contribution in [2.24, 2.45) is 5.92 Å². The van der Waals surface area contributed by atoms with Crippen molar-refractivity contribution in [2.45, 2.75) is 17.1 Å². The third-order valence-corrected chi connectivity index (χ3v) is 8.06. The minimum absolute atomic E-state index is 0.0638. The van der Waals surface area contributed by atoms with Crippen molar-refractivity contribution in [3.8, 4) is 0 Å². The average molecular weight is 503 g/mol. The van der Waals surface area contributed by atoms with Crippen LogP contribution in [-0.4, -0.2) is 56.3 Å². The van der Waals surface area contributed by atoms with Crippen LogP contribution in [0.4, 0.5) is 13.2 Å². The van der Waals surface area contributed by atoms with Crippen LogP contribution in [0.25, 0.3) is 0 Å². The van der Waals surface area contributed by atoms with Crippen molar-refractivity contribution in [1.29, 1.82) is 0 Å². The zero-order valence-corrected chi connectivity index (χ0v) is 18.9. The second kappa shape index (κ2) is 9.22. The number of hydrogen-bond acceptors (Lipinski definition) is 5. The van der Waals surface area contributed by atoms with E-state index in [1.165, 1.54) is 4.31 Å². The Morgan fingerprint density at radius 2 is 1.58 bits per heavy atom. The molecular weight excluding hydrogens is 481 g/mol. The molecule has 1 amide bonds. The quantitative estimate of drug-likeness (QED) is 0.672. The van der Waals surface area contributed by atoms with Crippen LogP contribution in [0.1, 0.15) is 17.2 Å². The smallest absolute Gasteiger partial charge is 0.340 e. The molecule has 33 heavy (non-hydrogen) atoms. The number of sulfonamides is 1. The number of piperazine rings is 1. The molecule has 0 aromatic heterocycles. The van der Waals surface area contributed by atoms with E-state index in [0.717, 1.165) is 29.8 Å². The van der Waals surface area contributed by atoms with E-state index in [0.29, 0.717) is 11.6 Å². The van der Waals surface area contributed by atoms with E-state index < -0.39 is 21.8 Å². The van der Waals surface area contributed by atoms with Crippen LogP contribution in [0.3, 0.4) is 0 Å². The summed E-state index contributed by atoms with van der Waals surface area (Å²) in [5, 5.41) is 0.595. The van der Waals surface area contributed by atoms with Gasteiger partial charge in [0.1, 0.15) is 0 Å². The number of hydrogen-bond donors (Lipinski definition) is 2. The maximum absolute atomic E-state index is 13.2. The maximum Gasteiger partial charge on any atom is 0.416 e. The molecule has 4 rings (SSSR count). The Balaban J connectivity index is 1.40. The lowest BCUT2D eigenvalue weighted by atomic mass is 9.93. The highest BCUT2D eigenvalue weighted by Gasteiger charge is 2.39. The van der Waals surface area contributed by atoms with E-state index in [9.17, 15) is 26.4 Å². The number of alkyl halides is 3. The number of halogens is 4. The predicted molar refractivity (Wildman–Crippen MR) is 116 cm³/mol. The molecular formula is C21H22ClF3N4O3S. The predicted octanol–water partition coefficient (Wildman–Crippen LogP) is 2.66. The third-order valence-electron chi connectivity index (χ3n) is 5.90. The molecule has 0 radical (unpaired) electrons. The Kier molecular flexibility index (Phi) is 6.70. The molecule has 7 nitrogen and oxygen atoms in total. The summed E-state index contributed by atoms with van der Waals surface area (Å²) >= 11 is 5.95. The van der Waals surface area contributed by atoms with E-state index in [2.05, 4.69) is 10.9 Å². The molecule has 0 aliphatic carbocycles. The second-order valence-electron chi connectivity index (χ2n) is 7.91. The van der Waals surface area contributed by atoms with Crippen molar-refractivity contribution >= 4 is 27.5 Å². The SMILES string of the molecule is O=C(C1CNNC1c1ccc(Cl)cc1)N1CCN(S(=O)(=O)c2ccc(C(F)(F)F)cc2)CC1. The maximum atomic E-state index is 13.2. The molecule has 2 aliphatic rings. The molecule has 2 fully saturated rings. The molecule has 2 atom stereocenters. The van der Waals surface area contributed by atoms with Crippen LogP contribution in [0, 0.1) is 5.92 Å². The van der Waals surface area contributed by atoms with Gasteiger partial charge in [0, 0.05) is 37.7 Å². The van der Waals surface area contributed by atoms with Crippen LogP contribution >= 0.6 is 11.6 Å². The van der Waals surface area contributed by atoms with Gasteiger partial charge < -0.3 is 4.90 Å². The number of rotatable bonds is 4. The van der Waals surface area contributed by atoms with Crippen LogP contribution in [0.2, 0.25) is 5.02 Å². The summed E-state index contributed by atoms with van der Waals surface area (Å²) in [6.45, 7) is 0.948. The van der Waals surface area contributed by atoms with Crippen molar-refractivity contribution in [2.75, 3.05) is 32.7 Å². The van der Waals surface area contributed by atoms with Gasteiger partial charge in [-0.15, -0.1) is 0 Å². The molecule has 2 unspecified atom stereocenters. The molecule has 2 aromatic rings. The average Bonchev–Trinajstić information content (AvgIpc) is 3.28. The van der Waals surface area contributed by atoms with Crippen LogP contribution in [0.15, 0.2) is 53.4 Å². The first-order valence-corrected chi connectivity index (χ1v) is 12.1. The van der Waals surface area contributed by atoms with Gasteiger partial charge in [-0.25, -0.2) is 13.8 Å². The van der Waals surface area contributed by atoms with Crippen LogP contribution < -0.4 is 10.9 Å². The fourth-order valence-corrected chi connectivity index (χ4v) is 5.61. The Bertz CT molecular complexity index is 1100. The largest absolute Gasteiger partial charge is 0.416 e. The molecule has 2 aliphatic heterocycles. The van der Waals surface area contributed by atoms with Gasteiger partial charge in [0.05, 0.1) is 22.4 Å². The summed E-state index contributed by atoms with van der Waals surface area (Å²) in [5.41, 5.74) is 6.11. The number of carbonyl (C=O) groups is 1. The van der Waals surface area contributed by atoms with Gasteiger partial charge in [-0.3, -0.25) is 10.2 Å². The Labute approximate surface area is 194 Å². The second-order valence-corrected chi connectivity index (χ2v) is 10.3. The summed E-state index contributed by atoms with van der Waals surface area (Å²) < 4.78 is 65.2. The summed E-state index contributed by atoms with van der Waals surface area (Å²) in [5.74, 6) is -0.469. The molecule has 12 heteroatoms. The number of nitrogens with zero attached hydrogens (tertiary/aromatic N) is 2. The zero-order chi connectivity index (χ0) is 23.8. The summed E-state index contributed by atoms with van der Waals surface area (Å²) in [4.78, 5) is 14.6. The highest BCUT2D eigenvalue weighted by atomic mass is 35.5. The van der Waals surface area contributed by atoms with Gasteiger partial charge >= 0.3 is 6.18 Å². The fraction of sp³-hybridized carbons (Fsp3) is 0.381. The van der Waals surface area contributed by atoms with Gasteiger partial charge in [-0.2, -0.15) is 17.5 Å². The molecule has 0 saturated carbocycles. The Hall–Kier alpha value is -2.18. The topological polar surface area (TPSA) is 81.8 Å². The number of amides is 1. The lowest BCUT2D eigenvalue weighted by Crippen LogP contribution is -2.52. The van der Waals surface area contributed by atoms with Gasteiger partial charge in [0.2, 0.25) is 15.9 Å². The normalized spacial score (nSPS) is 22.5. The minimum Gasteiger partial charge on any atom is -0.340 e. The first kappa shape index (κ1) is 24.0. The number of nitrogens with one attached hydrogen (secondary N) is 2. The monoisotopic (exact) mass is 502 g/mol. The van der Waals surface area contributed by atoms with Gasteiger partial charge in [-0.05, 0) is 42.0 Å². The van der Waals surface area contributed by atoms with E-state index in [1.54, 1.807) is 17.0 Å². The molecule has 2 aromatic carbocycles. The molecule has 178 valence electrons. The first-order chi connectivity index (χ1) is 15.6. The lowest BCUT2D eigenvalue weighted by Gasteiger charge is -2.36. The third kappa shape index (κ3) is 5.02. The summed E-state index contributed by atoms with van der Waals surface area (Å²) in [6, 6.07) is 10.4. The van der Waals surface area contributed by atoms with Crippen LogP contribution in [-0.2, 0) is 21.0 Å². The van der Waals surface area contributed by atoms with Crippen molar-refractivity contribution in [3.05, 3.63) is 64.7 Å². The molecule has 0 bridgehead atoms. The first-order valence-electron chi connectivity index (χ1n) is 10.3. The van der Waals surface area contributed by atoms with Gasteiger partial charge in [0.25, 0.3) is 0 Å². The fourth-order valence-electron chi connectivity index (χ4n) is 4.06. The highest BCUT2D eigenvalue weighted by Crippen LogP contribution is 2.31. The summed E-state index contributed by atoms with van der Waals surface area (Å²) in [7, 11) is -3.96. The standard InChI is InChI=1S/C21H22ClF3N4O3S/c22-16-5-1-14(2-6-16)19-18(13-26-27-19)20(30)28-9-11-29(12-10-28)33(31,32)17-7-3-15(4-8-17)21(23,24)25/h1-8,18-19,26-27H,9-13H2. The minimum atomic E-state index is -4.54. The molecule has 0 spiro atoms. The molecule has 2 N–H and O–H groups in total. The Morgan fingerprint density at radius 3 is 2.15 bits per heavy atom. The van der Waals surface area contributed by atoms with Gasteiger partial charge in [-0.1, -0.05) is 23.7 Å². The number of benzene rings is 2. The molecule has 2 saturated heterocycles. The van der Waals surface area contributed by atoms with E-state index in [1.807, 2.05) is 12.1 Å². The van der Waals surface area contributed by atoms with E-state index in [4.69, 9.17) is 11.6 Å². The van der Waals surface area contributed by atoms with E-state index in [-0.39, 0.29) is 48.9 Å². The summed E-state index contributed by atoms with van der Waals surface area (Å²) in [6.07, 6.45) is -4.54. The van der Waals surface area contributed by atoms with Crippen molar-refractivity contribution < 1.29 is 26.4 Å². The lowest BCUT2D eigenvalue weighted by molar-refractivity contribution is -0.138. The highest BCUT2D eigenvalue weighted by molar-refractivity contribution is 7.89. The molecule has 2 heterocycles. The van der Waals surface area contributed by atoms with Crippen molar-refractivity contribution in [1.82, 2.24) is 20.1 Å². The van der Waals surface area contributed by atoms with Crippen LogP contribution in [0.5, 0.6) is 0 Å². The number of carbonyl (C=O) groups excluding carboxylic acids is 1.